The molecule has 1 aromatic rings. The maximum Gasteiger partial charge on any atom is 0.134 e. The Morgan fingerprint density at radius 3 is 2.32 bits per heavy atom. The van der Waals surface area contributed by atoms with E-state index in [4.69, 9.17) is 0 Å². The first-order chi connectivity index (χ1) is 9.33. The molecule has 1 rings (SSSR count). The normalized spacial score (nSPS) is 10.5. The van der Waals surface area contributed by atoms with Crippen LogP contribution in [0.5, 0.6) is 0 Å². The highest BCUT2D eigenvalue weighted by molar-refractivity contribution is 7.98. The second kappa shape index (κ2) is 9.89. The Kier molecular flexibility index (Phi) is 8.38. The van der Waals surface area contributed by atoms with Crippen molar-refractivity contribution in [3.63, 3.8) is 0 Å². The van der Waals surface area contributed by atoms with E-state index in [2.05, 4.69) is 40.7 Å². The fourth-order valence-electron chi connectivity index (χ4n) is 1.87. The van der Waals surface area contributed by atoms with E-state index >= 15 is 0 Å². The predicted octanol–water partition coefficient (Wildman–Crippen LogP) is 3.42. The van der Waals surface area contributed by atoms with Gasteiger partial charge in [0.2, 0.25) is 0 Å². The third-order valence-corrected chi connectivity index (χ3v) is 3.61. The molecule has 0 fully saturated rings. The molecule has 0 saturated heterocycles. The number of anilines is 2. The Bertz CT molecular complexity index is 357. The van der Waals surface area contributed by atoms with Gasteiger partial charge in [-0.15, -0.1) is 0 Å². The molecule has 0 aliphatic carbocycles. The fourth-order valence-corrected chi connectivity index (χ4v) is 2.37. The van der Waals surface area contributed by atoms with Gasteiger partial charge < -0.3 is 10.6 Å². The molecular weight excluding hydrogens is 256 g/mol. The maximum atomic E-state index is 4.37. The van der Waals surface area contributed by atoms with Crippen molar-refractivity contribution in [2.24, 2.45) is 0 Å². The minimum Gasteiger partial charge on any atom is -0.370 e. The second-order valence-corrected chi connectivity index (χ2v) is 5.44. The zero-order valence-corrected chi connectivity index (χ0v) is 13.1. The minimum absolute atomic E-state index is 0.944. The first-order valence-corrected chi connectivity index (χ1v) is 8.53. The van der Waals surface area contributed by atoms with Gasteiger partial charge in [-0.05, 0) is 37.7 Å². The van der Waals surface area contributed by atoms with Crippen LogP contribution < -0.4 is 10.6 Å². The molecule has 0 bridgehead atoms. The van der Waals surface area contributed by atoms with Gasteiger partial charge in [0.05, 0.1) is 0 Å². The number of thioether (sulfide) groups is 1. The van der Waals surface area contributed by atoms with Crippen molar-refractivity contribution in [3.8, 4) is 0 Å². The van der Waals surface area contributed by atoms with Gasteiger partial charge in [-0.1, -0.05) is 13.8 Å². The van der Waals surface area contributed by atoms with Crippen molar-refractivity contribution in [2.75, 3.05) is 35.7 Å². The quantitative estimate of drug-likeness (QED) is 0.644. The van der Waals surface area contributed by atoms with Crippen LogP contribution in [0.4, 0.5) is 11.6 Å². The summed E-state index contributed by atoms with van der Waals surface area (Å²) < 4.78 is 0. The van der Waals surface area contributed by atoms with Gasteiger partial charge in [0.15, 0.2) is 0 Å². The summed E-state index contributed by atoms with van der Waals surface area (Å²) in [4.78, 5) is 8.71. The Morgan fingerprint density at radius 1 is 1.05 bits per heavy atom. The lowest BCUT2D eigenvalue weighted by Crippen LogP contribution is -2.11. The predicted molar refractivity (Wildman–Crippen MR) is 86.3 cm³/mol. The van der Waals surface area contributed by atoms with Gasteiger partial charge >= 0.3 is 0 Å². The van der Waals surface area contributed by atoms with Crippen molar-refractivity contribution in [1.29, 1.82) is 0 Å². The van der Waals surface area contributed by atoms with Crippen LogP contribution in [0.15, 0.2) is 6.33 Å². The van der Waals surface area contributed by atoms with Gasteiger partial charge in [-0.2, -0.15) is 11.8 Å². The molecule has 0 aromatic carbocycles. The number of rotatable bonds is 10. The Hall–Kier alpha value is -0.970. The van der Waals surface area contributed by atoms with Gasteiger partial charge in [-0.25, -0.2) is 9.97 Å². The van der Waals surface area contributed by atoms with Crippen LogP contribution in [-0.4, -0.2) is 35.1 Å². The van der Waals surface area contributed by atoms with E-state index in [9.17, 15) is 0 Å². The third-order valence-electron chi connectivity index (χ3n) is 2.91. The molecule has 108 valence electrons. The molecule has 0 saturated carbocycles. The molecule has 2 N–H and O–H groups in total. The van der Waals surface area contributed by atoms with Crippen molar-refractivity contribution in [1.82, 2.24) is 9.97 Å². The molecule has 1 heterocycles. The van der Waals surface area contributed by atoms with E-state index in [1.165, 1.54) is 24.2 Å². The number of unbranched alkanes of at least 4 members (excludes halogenated alkanes) is 1. The zero-order valence-electron chi connectivity index (χ0n) is 12.3. The molecule has 19 heavy (non-hydrogen) atoms. The average Bonchev–Trinajstić information content (AvgIpc) is 2.44. The molecule has 1 aromatic heterocycles. The van der Waals surface area contributed by atoms with E-state index in [0.717, 1.165) is 37.6 Å². The highest BCUT2D eigenvalue weighted by Gasteiger charge is 2.08. The number of aromatic nitrogens is 2. The van der Waals surface area contributed by atoms with Crippen LogP contribution in [0, 0.1) is 0 Å². The molecule has 0 aliphatic rings. The molecule has 0 radical (unpaired) electrons. The van der Waals surface area contributed by atoms with Crippen LogP contribution in [0.2, 0.25) is 0 Å². The summed E-state index contributed by atoms with van der Waals surface area (Å²) >= 11 is 1.90. The number of nitrogens with zero attached hydrogens (tertiary/aromatic N) is 2. The monoisotopic (exact) mass is 282 g/mol. The highest BCUT2D eigenvalue weighted by atomic mass is 32.2. The summed E-state index contributed by atoms with van der Waals surface area (Å²) in [5, 5.41) is 6.81. The van der Waals surface area contributed by atoms with Crippen LogP contribution in [0.1, 0.15) is 38.7 Å². The molecule has 0 amide bonds. The van der Waals surface area contributed by atoms with Gasteiger partial charge in [0.1, 0.15) is 18.0 Å². The van der Waals surface area contributed by atoms with Crippen molar-refractivity contribution in [3.05, 3.63) is 11.9 Å². The Balaban J connectivity index is 2.56. The summed E-state index contributed by atoms with van der Waals surface area (Å²) in [5.74, 6) is 3.20. The number of nitrogens with one attached hydrogen (secondary N) is 2. The first kappa shape index (κ1) is 16.1. The SMILES string of the molecule is CCCNc1ncnc(NCCCCSC)c1CC. The first-order valence-electron chi connectivity index (χ1n) is 7.14. The van der Waals surface area contributed by atoms with Crippen molar-refractivity contribution >= 4 is 23.4 Å². The molecule has 0 spiro atoms. The lowest BCUT2D eigenvalue weighted by molar-refractivity contribution is 0.835. The zero-order chi connectivity index (χ0) is 13.9. The van der Waals surface area contributed by atoms with Gasteiger partial charge in [-0.3, -0.25) is 0 Å². The molecule has 5 heteroatoms. The van der Waals surface area contributed by atoms with Crippen molar-refractivity contribution < 1.29 is 0 Å². The van der Waals surface area contributed by atoms with Crippen molar-refractivity contribution in [2.45, 2.75) is 39.5 Å². The van der Waals surface area contributed by atoms with Crippen LogP contribution in [-0.2, 0) is 6.42 Å². The maximum absolute atomic E-state index is 4.37. The molecular formula is C14H26N4S. The van der Waals surface area contributed by atoms with E-state index in [0.29, 0.717) is 0 Å². The van der Waals surface area contributed by atoms with Gasteiger partial charge in [0, 0.05) is 18.7 Å². The Labute approximate surface area is 121 Å². The second-order valence-electron chi connectivity index (χ2n) is 4.46. The summed E-state index contributed by atoms with van der Waals surface area (Å²) in [5.41, 5.74) is 1.20. The minimum atomic E-state index is 0.944. The Morgan fingerprint density at radius 2 is 1.74 bits per heavy atom. The lowest BCUT2D eigenvalue weighted by atomic mass is 10.2. The van der Waals surface area contributed by atoms with Crippen LogP contribution >= 0.6 is 11.8 Å². The summed E-state index contributed by atoms with van der Waals surface area (Å²) in [6.45, 7) is 6.24. The lowest BCUT2D eigenvalue weighted by Gasteiger charge is -2.14. The summed E-state index contributed by atoms with van der Waals surface area (Å²) in [6, 6.07) is 0. The molecule has 0 aliphatic heterocycles. The topological polar surface area (TPSA) is 49.8 Å². The smallest absolute Gasteiger partial charge is 0.134 e. The summed E-state index contributed by atoms with van der Waals surface area (Å²) in [7, 11) is 0. The largest absolute Gasteiger partial charge is 0.370 e. The number of hydrogen-bond acceptors (Lipinski definition) is 5. The highest BCUT2D eigenvalue weighted by Crippen LogP contribution is 2.20. The fraction of sp³-hybridized carbons (Fsp3) is 0.714. The molecule has 0 unspecified atom stereocenters. The standard InChI is InChI=1S/C14H26N4S/c1-4-8-15-13-12(5-2)14(18-11-17-13)16-9-6-7-10-19-3/h11H,4-10H2,1-3H3,(H2,15,16,17,18). The molecule has 0 atom stereocenters. The third kappa shape index (κ3) is 5.68. The number of hydrogen-bond donors (Lipinski definition) is 2. The average molecular weight is 282 g/mol. The van der Waals surface area contributed by atoms with Crippen LogP contribution in [0.3, 0.4) is 0 Å². The molecule has 4 nitrogen and oxygen atoms in total. The van der Waals surface area contributed by atoms with E-state index in [1.54, 1.807) is 6.33 Å². The van der Waals surface area contributed by atoms with Gasteiger partial charge in [0.25, 0.3) is 0 Å². The van der Waals surface area contributed by atoms with Crippen LogP contribution in [0.25, 0.3) is 0 Å². The van der Waals surface area contributed by atoms with E-state index < -0.39 is 0 Å². The van der Waals surface area contributed by atoms with E-state index in [1.807, 2.05) is 11.8 Å². The summed E-state index contributed by atoms with van der Waals surface area (Å²) in [6.07, 6.45) is 8.28. The van der Waals surface area contributed by atoms with E-state index in [-0.39, 0.29) is 0 Å².